The van der Waals surface area contributed by atoms with Gasteiger partial charge in [-0.25, -0.2) is 4.98 Å². The molecule has 100 valence electrons. The number of nitrogens with zero attached hydrogens (tertiary/aromatic N) is 2. The lowest BCUT2D eigenvalue weighted by molar-refractivity contribution is 0.161. The number of aromatic nitrogens is 1. The molecular weight excluding hydrogens is 226 g/mol. The van der Waals surface area contributed by atoms with Gasteiger partial charge in [-0.2, -0.15) is 0 Å². The van der Waals surface area contributed by atoms with Crippen LogP contribution in [0, 0.1) is 5.92 Å². The Morgan fingerprint density at radius 1 is 1.50 bits per heavy atom. The fraction of sp³-hybridized carbons (Fsp3) is 0.643. The Bertz CT molecular complexity index is 370. The van der Waals surface area contributed by atoms with Gasteiger partial charge in [-0.15, -0.1) is 0 Å². The van der Waals surface area contributed by atoms with Crippen LogP contribution in [0.1, 0.15) is 19.0 Å². The Kier molecular flexibility index (Phi) is 4.96. The summed E-state index contributed by atoms with van der Waals surface area (Å²) < 4.78 is 5.23. The van der Waals surface area contributed by atoms with E-state index >= 15 is 0 Å². The Hall–Kier alpha value is -1.13. The molecule has 0 aromatic carbocycles. The lowest BCUT2D eigenvalue weighted by Gasteiger charge is -2.18. The minimum atomic E-state index is 0.647. The summed E-state index contributed by atoms with van der Waals surface area (Å²) >= 11 is 0. The molecule has 18 heavy (non-hydrogen) atoms. The van der Waals surface area contributed by atoms with E-state index in [2.05, 4.69) is 35.3 Å². The van der Waals surface area contributed by atoms with Crippen molar-refractivity contribution in [3.05, 3.63) is 23.9 Å². The Morgan fingerprint density at radius 2 is 2.39 bits per heavy atom. The van der Waals surface area contributed by atoms with Gasteiger partial charge in [0.1, 0.15) is 5.82 Å². The fourth-order valence-electron chi connectivity index (χ4n) is 2.41. The molecule has 2 rings (SSSR count). The highest BCUT2D eigenvalue weighted by atomic mass is 16.5. The topological polar surface area (TPSA) is 37.4 Å². The summed E-state index contributed by atoms with van der Waals surface area (Å²) in [6.07, 6.45) is 1.20. The molecule has 1 aromatic heterocycles. The van der Waals surface area contributed by atoms with E-state index in [1.165, 1.54) is 6.42 Å². The highest BCUT2D eigenvalue weighted by Crippen LogP contribution is 2.22. The molecule has 1 aromatic rings. The third-order valence-corrected chi connectivity index (χ3v) is 3.36. The summed E-state index contributed by atoms with van der Waals surface area (Å²) in [6, 6.07) is 6.28. The molecule has 0 radical (unpaired) electrons. The van der Waals surface area contributed by atoms with Crippen molar-refractivity contribution in [1.82, 2.24) is 10.3 Å². The van der Waals surface area contributed by atoms with Crippen molar-refractivity contribution < 1.29 is 4.74 Å². The number of nitrogens with one attached hydrogen (secondary N) is 1. The second kappa shape index (κ2) is 6.71. The summed E-state index contributed by atoms with van der Waals surface area (Å²) in [5, 5.41) is 3.31. The first-order valence-electron chi connectivity index (χ1n) is 6.74. The Morgan fingerprint density at radius 3 is 3.17 bits per heavy atom. The third-order valence-electron chi connectivity index (χ3n) is 3.36. The van der Waals surface area contributed by atoms with Gasteiger partial charge in [-0.05, 0) is 25.1 Å². The molecule has 1 saturated heterocycles. The Labute approximate surface area is 109 Å². The molecular formula is C14H23N3O. The zero-order valence-electron chi connectivity index (χ0n) is 11.4. The van der Waals surface area contributed by atoms with Crippen molar-refractivity contribution in [2.75, 3.05) is 38.3 Å². The average Bonchev–Trinajstić information content (AvgIpc) is 2.86. The van der Waals surface area contributed by atoms with Crippen LogP contribution in [0.5, 0.6) is 0 Å². The van der Waals surface area contributed by atoms with Crippen molar-refractivity contribution in [3.63, 3.8) is 0 Å². The van der Waals surface area contributed by atoms with E-state index in [-0.39, 0.29) is 0 Å². The van der Waals surface area contributed by atoms with Crippen LogP contribution in [-0.2, 0) is 11.3 Å². The van der Waals surface area contributed by atoms with Crippen LogP contribution in [-0.4, -0.2) is 38.3 Å². The second-order valence-electron chi connectivity index (χ2n) is 4.82. The molecule has 0 aliphatic carbocycles. The summed E-state index contributed by atoms with van der Waals surface area (Å²) in [6.45, 7) is 6.94. The second-order valence-corrected chi connectivity index (χ2v) is 4.82. The van der Waals surface area contributed by atoms with Crippen molar-refractivity contribution in [1.29, 1.82) is 0 Å². The van der Waals surface area contributed by atoms with E-state index < -0.39 is 0 Å². The fourth-order valence-corrected chi connectivity index (χ4v) is 2.41. The molecule has 1 unspecified atom stereocenters. The Balaban J connectivity index is 1.96. The normalized spacial score (nSPS) is 19.4. The first-order chi connectivity index (χ1) is 8.83. The molecule has 1 aliphatic heterocycles. The maximum Gasteiger partial charge on any atom is 0.128 e. The van der Waals surface area contributed by atoms with E-state index in [0.717, 1.165) is 44.3 Å². The summed E-state index contributed by atoms with van der Waals surface area (Å²) in [4.78, 5) is 7.07. The van der Waals surface area contributed by atoms with Crippen molar-refractivity contribution in [2.24, 2.45) is 5.92 Å². The van der Waals surface area contributed by atoms with Crippen LogP contribution in [0.3, 0.4) is 0 Å². The van der Waals surface area contributed by atoms with E-state index in [1.807, 2.05) is 0 Å². The molecule has 0 saturated carbocycles. The van der Waals surface area contributed by atoms with Crippen molar-refractivity contribution >= 4 is 5.82 Å². The van der Waals surface area contributed by atoms with Crippen LogP contribution in [0.15, 0.2) is 18.2 Å². The largest absolute Gasteiger partial charge is 0.384 e. The van der Waals surface area contributed by atoms with Crippen LogP contribution in [0.4, 0.5) is 5.82 Å². The number of methoxy groups -OCH3 is 1. The van der Waals surface area contributed by atoms with Gasteiger partial charge in [0, 0.05) is 32.7 Å². The van der Waals surface area contributed by atoms with E-state index in [4.69, 9.17) is 9.72 Å². The highest BCUT2D eigenvalue weighted by Gasteiger charge is 2.23. The number of hydrogen-bond acceptors (Lipinski definition) is 4. The molecule has 2 heterocycles. The van der Waals surface area contributed by atoms with Crippen LogP contribution in [0.25, 0.3) is 0 Å². The van der Waals surface area contributed by atoms with Crippen LogP contribution < -0.4 is 10.2 Å². The first kappa shape index (κ1) is 13.3. The maximum absolute atomic E-state index is 5.23. The SMILES string of the molecule is CCNCc1cccc(N2CCC(COC)C2)n1. The van der Waals surface area contributed by atoms with Gasteiger partial charge in [0.05, 0.1) is 12.3 Å². The van der Waals surface area contributed by atoms with Crippen molar-refractivity contribution in [3.8, 4) is 0 Å². The highest BCUT2D eigenvalue weighted by molar-refractivity contribution is 5.40. The minimum absolute atomic E-state index is 0.647. The number of ether oxygens (including phenoxy) is 1. The third kappa shape index (κ3) is 3.43. The lowest BCUT2D eigenvalue weighted by atomic mass is 10.1. The number of pyridine rings is 1. The smallest absolute Gasteiger partial charge is 0.128 e. The van der Waals surface area contributed by atoms with Gasteiger partial charge in [-0.1, -0.05) is 13.0 Å². The van der Waals surface area contributed by atoms with Crippen LogP contribution in [0.2, 0.25) is 0 Å². The maximum atomic E-state index is 5.23. The van der Waals surface area contributed by atoms with E-state index in [9.17, 15) is 0 Å². The standard InChI is InChI=1S/C14H23N3O/c1-3-15-9-13-5-4-6-14(16-13)17-8-7-12(10-17)11-18-2/h4-6,12,15H,3,7-11H2,1-2H3. The predicted octanol–water partition coefficient (Wildman–Crippen LogP) is 1.66. The average molecular weight is 249 g/mol. The van der Waals surface area contributed by atoms with Gasteiger partial charge in [-0.3, -0.25) is 0 Å². The monoisotopic (exact) mass is 249 g/mol. The molecule has 4 heteroatoms. The lowest BCUT2D eigenvalue weighted by Crippen LogP contribution is -2.23. The zero-order chi connectivity index (χ0) is 12.8. The van der Waals surface area contributed by atoms with Crippen molar-refractivity contribution in [2.45, 2.75) is 19.9 Å². The molecule has 0 amide bonds. The number of rotatable bonds is 6. The summed E-state index contributed by atoms with van der Waals surface area (Å²) in [7, 11) is 1.78. The number of hydrogen-bond donors (Lipinski definition) is 1. The molecule has 0 spiro atoms. The summed E-state index contributed by atoms with van der Waals surface area (Å²) in [5.41, 5.74) is 1.12. The summed E-state index contributed by atoms with van der Waals surface area (Å²) in [5.74, 6) is 1.75. The molecule has 1 fully saturated rings. The molecule has 0 bridgehead atoms. The van der Waals surface area contributed by atoms with Gasteiger partial charge in [0.15, 0.2) is 0 Å². The molecule has 1 aliphatic rings. The van der Waals surface area contributed by atoms with E-state index in [0.29, 0.717) is 5.92 Å². The minimum Gasteiger partial charge on any atom is -0.384 e. The molecule has 4 nitrogen and oxygen atoms in total. The predicted molar refractivity (Wildman–Crippen MR) is 73.8 cm³/mol. The zero-order valence-corrected chi connectivity index (χ0v) is 11.4. The van der Waals surface area contributed by atoms with E-state index in [1.54, 1.807) is 7.11 Å². The molecule has 1 N–H and O–H groups in total. The van der Waals surface area contributed by atoms with Crippen LogP contribution >= 0.6 is 0 Å². The van der Waals surface area contributed by atoms with Gasteiger partial charge in [0.25, 0.3) is 0 Å². The van der Waals surface area contributed by atoms with Gasteiger partial charge in [0.2, 0.25) is 0 Å². The first-order valence-corrected chi connectivity index (χ1v) is 6.74. The van der Waals surface area contributed by atoms with Gasteiger partial charge < -0.3 is 15.0 Å². The number of anilines is 1. The quantitative estimate of drug-likeness (QED) is 0.832. The molecule has 1 atom stereocenters. The van der Waals surface area contributed by atoms with Gasteiger partial charge >= 0.3 is 0 Å².